The summed E-state index contributed by atoms with van der Waals surface area (Å²) in [6.07, 6.45) is 1.36. The number of benzene rings is 1. The topological polar surface area (TPSA) is 76.1 Å². The number of nitrogens with zero attached hydrogens (tertiary/aromatic N) is 1. The Morgan fingerprint density at radius 1 is 1.48 bits per heavy atom. The maximum Gasteiger partial charge on any atom is 0.230 e. The van der Waals surface area contributed by atoms with Gasteiger partial charge in [0.25, 0.3) is 0 Å². The molecule has 1 amide bonds. The van der Waals surface area contributed by atoms with Crippen LogP contribution in [0.4, 0.5) is 5.13 Å². The molecule has 1 saturated heterocycles. The molecule has 1 unspecified atom stereocenters. The minimum absolute atomic E-state index is 0.0519. The molecule has 1 atom stereocenters. The molecule has 0 spiro atoms. The third-order valence-electron chi connectivity index (χ3n) is 3.69. The summed E-state index contributed by atoms with van der Waals surface area (Å²) in [5.74, 6) is -0.645. The summed E-state index contributed by atoms with van der Waals surface area (Å²) in [7, 11) is -3.04. The van der Waals surface area contributed by atoms with Crippen LogP contribution in [-0.4, -0.2) is 30.8 Å². The van der Waals surface area contributed by atoms with Gasteiger partial charge in [-0.25, -0.2) is 13.4 Å². The SMILES string of the molecule is CCc1ccc2nc(NC(=O)C3CCS(=O)(=O)C3)sc2c1. The summed E-state index contributed by atoms with van der Waals surface area (Å²) >= 11 is 1.42. The van der Waals surface area contributed by atoms with Gasteiger partial charge in [-0.1, -0.05) is 24.3 Å². The lowest BCUT2D eigenvalue weighted by molar-refractivity contribution is -0.119. The van der Waals surface area contributed by atoms with Gasteiger partial charge < -0.3 is 5.32 Å². The largest absolute Gasteiger partial charge is 0.302 e. The van der Waals surface area contributed by atoms with E-state index in [1.807, 2.05) is 12.1 Å². The molecule has 0 radical (unpaired) electrons. The van der Waals surface area contributed by atoms with Crippen molar-refractivity contribution in [2.75, 3.05) is 16.8 Å². The average Bonchev–Trinajstić information content (AvgIpc) is 3.00. The number of fused-ring (bicyclic) bond motifs is 1. The smallest absolute Gasteiger partial charge is 0.230 e. The third kappa shape index (κ3) is 3.08. The number of thiazole rings is 1. The Morgan fingerprint density at radius 3 is 2.95 bits per heavy atom. The first-order valence-electron chi connectivity index (χ1n) is 6.87. The van der Waals surface area contributed by atoms with E-state index in [1.54, 1.807) is 0 Å². The molecule has 112 valence electrons. The predicted octanol–water partition coefficient (Wildman–Crippen LogP) is 2.23. The zero-order valence-electron chi connectivity index (χ0n) is 11.6. The second kappa shape index (κ2) is 5.38. The first-order valence-corrected chi connectivity index (χ1v) is 9.51. The normalized spacial score (nSPS) is 20.7. The quantitative estimate of drug-likeness (QED) is 0.939. The summed E-state index contributed by atoms with van der Waals surface area (Å²) in [5, 5.41) is 3.29. The number of rotatable bonds is 3. The number of hydrogen-bond acceptors (Lipinski definition) is 5. The summed E-state index contributed by atoms with van der Waals surface area (Å²) in [6.45, 7) is 2.09. The molecular formula is C14H16N2O3S2. The van der Waals surface area contributed by atoms with Crippen LogP contribution in [0.2, 0.25) is 0 Å². The first kappa shape index (κ1) is 14.5. The van der Waals surface area contributed by atoms with E-state index in [9.17, 15) is 13.2 Å². The van der Waals surface area contributed by atoms with Crippen molar-refractivity contribution in [1.82, 2.24) is 4.98 Å². The summed E-state index contributed by atoms with van der Waals surface area (Å²) in [4.78, 5) is 16.5. The third-order valence-corrected chi connectivity index (χ3v) is 6.40. The highest BCUT2D eigenvalue weighted by molar-refractivity contribution is 7.91. The van der Waals surface area contributed by atoms with Crippen LogP contribution in [0.1, 0.15) is 18.9 Å². The Morgan fingerprint density at radius 2 is 2.29 bits per heavy atom. The molecular weight excluding hydrogens is 308 g/mol. The molecule has 21 heavy (non-hydrogen) atoms. The lowest BCUT2D eigenvalue weighted by Gasteiger charge is -2.06. The van der Waals surface area contributed by atoms with Crippen molar-refractivity contribution >= 4 is 42.4 Å². The van der Waals surface area contributed by atoms with Gasteiger partial charge in [-0.2, -0.15) is 0 Å². The number of carbonyl (C=O) groups excluding carboxylic acids is 1. The Hall–Kier alpha value is -1.47. The van der Waals surface area contributed by atoms with Crippen molar-refractivity contribution in [2.24, 2.45) is 5.92 Å². The van der Waals surface area contributed by atoms with Gasteiger partial charge in [0.1, 0.15) is 0 Å². The van der Waals surface area contributed by atoms with Crippen LogP contribution in [0.5, 0.6) is 0 Å². The molecule has 1 N–H and O–H groups in total. The molecule has 1 aliphatic rings. The van der Waals surface area contributed by atoms with Gasteiger partial charge >= 0.3 is 0 Å². The van der Waals surface area contributed by atoms with Crippen LogP contribution in [0.3, 0.4) is 0 Å². The number of anilines is 1. The molecule has 0 saturated carbocycles. The maximum atomic E-state index is 12.1. The fourth-order valence-electron chi connectivity index (χ4n) is 2.45. The minimum atomic E-state index is -3.04. The van der Waals surface area contributed by atoms with E-state index in [0.717, 1.165) is 16.6 Å². The van der Waals surface area contributed by atoms with Gasteiger partial charge in [0.2, 0.25) is 5.91 Å². The van der Waals surface area contributed by atoms with E-state index in [1.165, 1.54) is 16.9 Å². The highest BCUT2D eigenvalue weighted by Gasteiger charge is 2.33. The van der Waals surface area contributed by atoms with E-state index >= 15 is 0 Å². The maximum absolute atomic E-state index is 12.1. The first-order chi connectivity index (χ1) is 9.97. The van der Waals surface area contributed by atoms with E-state index in [2.05, 4.69) is 23.3 Å². The summed E-state index contributed by atoms with van der Waals surface area (Å²) < 4.78 is 23.9. The molecule has 3 rings (SSSR count). The van der Waals surface area contributed by atoms with Crippen LogP contribution >= 0.6 is 11.3 Å². The zero-order valence-corrected chi connectivity index (χ0v) is 13.3. The number of amides is 1. The molecule has 5 nitrogen and oxygen atoms in total. The molecule has 2 heterocycles. The monoisotopic (exact) mass is 324 g/mol. The highest BCUT2D eigenvalue weighted by atomic mass is 32.2. The number of sulfone groups is 1. The van der Waals surface area contributed by atoms with Gasteiger partial charge in [0, 0.05) is 0 Å². The van der Waals surface area contributed by atoms with E-state index in [0.29, 0.717) is 11.6 Å². The van der Waals surface area contributed by atoms with E-state index < -0.39 is 15.8 Å². The highest BCUT2D eigenvalue weighted by Crippen LogP contribution is 2.28. The average molecular weight is 324 g/mol. The second-order valence-electron chi connectivity index (χ2n) is 5.26. The second-order valence-corrected chi connectivity index (χ2v) is 8.52. The van der Waals surface area contributed by atoms with E-state index in [-0.39, 0.29) is 17.4 Å². The van der Waals surface area contributed by atoms with Crippen molar-refractivity contribution in [3.8, 4) is 0 Å². The fraction of sp³-hybridized carbons (Fsp3) is 0.429. The Balaban J connectivity index is 1.77. The van der Waals surface area contributed by atoms with Crippen molar-refractivity contribution < 1.29 is 13.2 Å². The van der Waals surface area contributed by atoms with Crippen LogP contribution in [0, 0.1) is 5.92 Å². The molecule has 2 aromatic rings. The standard InChI is InChI=1S/C14H16N2O3S2/c1-2-9-3-4-11-12(7-9)20-14(15-11)16-13(17)10-5-6-21(18,19)8-10/h3-4,7,10H,2,5-6,8H2,1H3,(H,15,16,17). The Kier molecular flexibility index (Phi) is 3.71. The molecule has 7 heteroatoms. The van der Waals surface area contributed by atoms with Crippen molar-refractivity contribution in [3.63, 3.8) is 0 Å². The number of nitrogens with one attached hydrogen (secondary N) is 1. The molecule has 0 bridgehead atoms. The lowest BCUT2D eigenvalue weighted by Crippen LogP contribution is -2.23. The Labute approximate surface area is 127 Å². The summed E-state index contributed by atoms with van der Waals surface area (Å²) in [6, 6.07) is 6.04. The number of hydrogen-bond donors (Lipinski definition) is 1. The van der Waals surface area contributed by atoms with Crippen molar-refractivity contribution in [1.29, 1.82) is 0 Å². The van der Waals surface area contributed by atoms with Crippen LogP contribution in [-0.2, 0) is 21.1 Å². The van der Waals surface area contributed by atoms with Crippen molar-refractivity contribution in [2.45, 2.75) is 19.8 Å². The van der Waals surface area contributed by atoms with Crippen LogP contribution < -0.4 is 5.32 Å². The molecule has 0 aliphatic carbocycles. The summed E-state index contributed by atoms with van der Waals surface area (Å²) in [5.41, 5.74) is 2.08. The van der Waals surface area contributed by atoms with Crippen molar-refractivity contribution in [3.05, 3.63) is 23.8 Å². The zero-order chi connectivity index (χ0) is 15.0. The van der Waals surface area contributed by atoms with Crippen LogP contribution in [0.25, 0.3) is 10.2 Å². The number of carbonyl (C=O) groups is 1. The lowest BCUT2D eigenvalue weighted by atomic mass is 10.1. The fourth-order valence-corrected chi connectivity index (χ4v) is 5.13. The van der Waals surface area contributed by atoms with Gasteiger partial charge in [0.15, 0.2) is 15.0 Å². The molecule has 1 aromatic carbocycles. The van der Waals surface area contributed by atoms with Gasteiger partial charge in [-0.3, -0.25) is 4.79 Å². The minimum Gasteiger partial charge on any atom is -0.302 e. The van der Waals surface area contributed by atoms with Gasteiger partial charge in [0.05, 0.1) is 27.6 Å². The number of aryl methyl sites for hydroxylation is 1. The predicted molar refractivity (Wildman–Crippen MR) is 84.4 cm³/mol. The van der Waals surface area contributed by atoms with Crippen LogP contribution in [0.15, 0.2) is 18.2 Å². The van der Waals surface area contributed by atoms with E-state index in [4.69, 9.17) is 0 Å². The number of aromatic nitrogens is 1. The van der Waals surface area contributed by atoms with Gasteiger partial charge in [-0.05, 0) is 30.5 Å². The van der Waals surface area contributed by atoms with Gasteiger partial charge in [-0.15, -0.1) is 0 Å². The molecule has 1 aromatic heterocycles. The molecule has 1 fully saturated rings. The Bertz CT molecular complexity index is 796. The molecule has 1 aliphatic heterocycles.